The molecule has 2 aromatic heterocycles. The van der Waals surface area contributed by atoms with Gasteiger partial charge >= 0.3 is 5.69 Å². The number of hydrogen-bond acceptors (Lipinski definition) is 4. The molecule has 0 radical (unpaired) electrons. The van der Waals surface area contributed by atoms with Gasteiger partial charge in [0.25, 0.3) is 5.56 Å². The second kappa shape index (κ2) is 9.26. The first kappa shape index (κ1) is 21.6. The summed E-state index contributed by atoms with van der Waals surface area (Å²) in [6.45, 7) is 7.29. The van der Waals surface area contributed by atoms with Gasteiger partial charge in [0.15, 0.2) is 11.2 Å². The third kappa shape index (κ3) is 4.10. The van der Waals surface area contributed by atoms with Crippen LogP contribution in [0.4, 0.5) is 0 Å². The molecule has 0 aliphatic rings. The molecule has 0 atom stereocenters. The Hall–Kier alpha value is -3.61. The number of para-hydroxylation sites is 1. The molecule has 4 aromatic rings. The van der Waals surface area contributed by atoms with Crippen molar-refractivity contribution in [2.75, 3.05) is 6.61 Å². The summed E-state index contributed by atoms with van der Waals surface area (Å²) >= 11 is 0. The molecule has 0 N–H and O–H groups in total. The number of fused-ring (bicyclic) bond motifs is 1. The summed E-state index contributed by atoms with van der Waals surface area (Å²) in [5.41, 5.74) is 1.91. The fraction of sp³-hybridized carbons (Fsp3) is 0.320. The summed E-state index contributed by atoms with van der Waals surface area (Å²) in [6, 6.07) is 17.2. The molecule has 32 heavy (non-hydrogen) atoms. The molecular weight excluding hydrogens is 404 g/mol. The zero-order chi connectivity index (χ0) is 22.7. The van der Waals surface area contributed by atoms with Crippen molar-refractivity contribution < 1.29 is 4.74 Å². The van der Waals surface area contributed by atoms with Gasteiger partial charge in [-0.3, -0.25) is 9.36 Å². The number of ether oxygens (including phenoxy) is 1. The van der Waals surface area contributed by atoms with Crippen LogP contribution >= 0.6 is 0 Å². The molecule has 4 rings (SSSR count). The fourth-order valence-electron chi connectivity index (χ4n) is 3.80. The van der Waals surface area contributed by atoms with E-state index in [0.717, 1.165) is 6.42 Å². The van der Waals surface area contributed by atoms with E-state index in [-0.39, 0.29) is 18.7 Å². The highest BCUT2D eigenvalue weighted by Crippen LogP contribution is 2.18. The quantitative estimate of drug-likeness (QED) is 0.423. The maximum atomic E-state index is 13.5. The van der Waals surface area contributed by atoms with Gasteiger partial charge in [-0.05, 0) is 42.2 Å². The number of aryl methyl sites for hydroxylation is 1. The minimum absolute atomic E-state index is 0.143. The highest BCUT2D eigenvalue weighted by Gasteiger charge is 2.19. The number of nitrogens with zero attached hydrogens (tertiary/aromatic N) is 4. The zero-order valence-corrected chi connectivity index (χ0v) is 18.7. The van der Waals surface area contributed by atoms with Crippen molar-refractivity contribution in [3.05, 3.63) is 87.3 Å². The Morgan fingerprint density at radius 2 is 1.69 bits per heavy atom. The Bertz CT molecular complexity index is 1320. The topological polar surface area (TPSA) is 71.1 Å². The van der Waals surface area contributed by atoms with Gasteiger partial charge in [0.05, 0.1) is 18.6 Å². The van der Waals surface area contributed by atoms with Gasteiger partial charge in [0, 0.05) is 6.54 Å². The molecule has 0 aliphatic carbocycles. The molecule has 0 fully saturated rings. The fourth-order valence-corrected chi connectivity index (χ4v) is 3.80. The maximum absolute atomic E-state index is 13.5. The first-order valence-electron chi connectivity index (χ1n) is 11.0. The number of benzene rings is 2. The minimum Gasteiger partial charge on any atom is -0.492 e. The summed E-state index contributed by atoms with van der Waals surface area (Å²) in [7, 11) is 0. The van der Waals surface area contributed by atoms with E-state index in [1.165, 1.54) is 14.7 Å². The van der Waals surface area contributed by atoms with E-state index >= 15 is 0 Å². The molecule has 0 saturated carbocycles. The summed E-state index contributed by atoms with van der Waals surface area (Å²) < 4.78 is 10.3. The molecule has 7 nitrogen and oxygen atoms in total. The zero-order valence-electron chi connectivity index (χ0n) is 18.7. The molecule has 0 bridgehead atoms. The van der Waals surface area contributed by atoms with Crippen LogP contribution in [0, 0.1) is 0 Å². The number of rotatable bonds is 8. The predicted molar refractivity (Wildman–Crippen MR) is 126 cm³/mol. The molecule has 2 aromatic carbocycles. The van der Waals surface area contributed by atoms with Crippen molar-refractivity contribution in [3.8, 4) is 11.4 Å². The Labute approximate surface area is 186 Å². The Morgan fingerprint density at radius 3 is 2.34 bits per heavy atom. The van der Waals surface area contributed by atoms with Gasteiger partial charge in [0.2, 0.25) is 0 Å². The molecular formula is C25H28N4O3. The van der Waals surface area contributed by atoms with Crippen molar-refractivity contribution in [1.82, 2.24) is 18.7 Å². The average molecular weight is 433 g/mol. The average Bonchev–Trinajstić information content (AvgIpc) is 3.21. The van der Waals surface area contributed by atoms with Gasteiger partial charge in [-0.15, -0.1) is 0 Å². The third-order valence-corrected chi connectivity index (χ3v) is 5.51. The highest BCUT2D eigenvalue weighted by molar-refractivity contribution is 5.72. The van der Waals surface area contributed by atoms with Gasteiger partial charge in [-0.1, -0.05) is 51.1 Å². The van der Waals surface area contributed by atoms with Gasteiger partial charge < -0.3 is 9.30 Å². The predicted octanol–water partition coefficient (Wildman–Crippen LogP) is 3.96. The third-order valence-electron chi connectivity index (χ3n) is 5.51. The Balaban J connectivity index is 1.81. The highest BCUT2D eigenvalue weighted by atomic mass is 16.5. The van der Waals surface area contributed by atoms with E-state index < -0.39 is 5.69 Å². The molecule has 0 aliphatic heterocycles. The first-order chi connectivity index (χ1) is 15.5. The van der Waals surface area contributed by atoms with Crippen LogP contribution in [0.15, 0.2) is 70.5 Å². The second-order valence-corrected chi connectivity index (χ2v) is 8.09. The molecule has 0 spiro atoms. The largest absolute Gasteiger partial charge is 0.492 e. The normalized spacial score (nSPS) is 11.4. The van der Waals surface area contributed by atoms with Crippen LogP contribution in [-0.4, -0.2) is 25.3 Å². The van der Waals surface area contributed by atoms with E-state index in [4.69, 9.17) is 4.74 Å². The van der Waals surface area contributed by atoms with Crippen LogP contribution in [0.25, 0.3) is 16.9 Å². The van der Waals surface area contributed by atoms with Crippen LogP contribution in [0.3, 0.4) is 0 Å². The van der Waals surface area contributed by atoms with Crippen molar-refractivity contribution in [1.29, 1.82) is 0 Å². The molecule has 166 valence electrons. The summed E-state index contributed by atoms with van der Waals surface area (Å²) in [5.74, 6) is 1.08. The van der Waals surface area contributed by atoms with Crippen LogP contribution in [0.2, 0.25) is 0 Å². The monoisotopic (exact) mass is 432 g/mol. The molecule has 0 amide bonds. The molecule has 7 heteroatoms. The summed E-state index contributed by atoms with van der Waals surface area (Å²) in [6.07, 6.45) is 2.49. The number of hydrogen-bond donors (Lipinski definition) is 0. The molecule has 0 saturated heterocycles. The number of imidazole rings is 1. The lowest BCUT2D eigenvalue weighted by Gasteiger charge is -2.14. The lowest BCUT2D eigenvalue weighted by molar-refractivity contribution is 0.293. The standard InChI is InChI=1S/C25H28N4O3/c1-4-14-27-17-26-23-22(27)24(30)28(15-16-32-21-8-6-5-7-9-21)25(31)29(23)20-12-10-19(11-13-20)18(2)3/h5-13,17-18H,4,14-16H2,1-3H3. The maximum Gasteiger partial charge on any atom is 0.337 e. The van der Waals surface area contributed by atoms with E-state index in [1.807, 2.05) is 66.1 Å². The number of aromatic nitrogens is 4. The van der Waals surface area contributed by atoms with E-state index in [1.54, 1.807) is 6.33 Å². The Morgan fingerprint density at radius 1 is 0.969 bits per heavy atom. The van der Waals surface area contributed by atoms with E-state index in [9.17, 15) is 9.59 Å². The Kier molecular flexibility index (Phi) is 6.25. The molecule has 2 heterocycles. The van der Waals surface area contributed by atoms with Crippen LogP contribution < -0.4 is 16.0 Å². The van der Waals surface area contributed by atoms with E-state index in [0.29, 0.717) is 35.1 Å². The van der Waals surface area contributed by atoms with Crippen LogP contribution in [-0.2, 0) is 13.1 Å². The van der Waals surface area contributed by atoms with Gasteiger partial charge in [0.1, 0.15) is 12.4 Å². The van der Waals surface area contributed by atoms with Crippen molar-refractivity contribution in [2.24, 2.45) is 0 Å². The minimum atomic E-state index is -0.418. The first-order valence-corrected chi connectivity index (χ1v) is 11.0. The van der Waals surface area contributed by atoms with Gasteiger partial charge in [-0.2, -0.15) is 0 Å². The van der Waals surface area contributed by atoms with Crippen molar-refractivity contribution in [2.45, 2.75) is 46.2 Å². The van der Waals surface area contributed by atoms with Crippen LogP contribution in [0.5, 0.6) is 5.75 Å². The summed E-state index contributed by atoms with van der Waals surface area (Å²) in [4.78, 5) is 31.2. The van der Waals surface area contributed by atoms with Crippen LogP contribution in [0.1, 0.15) is 38.7 Å². The SMILES string of the molecule is CCCn1cnc2c1c(=O)n(CCOc1ccccc1)c(=O)n2-c1ccc(C(C)C)cc1. The van der Waals surface area contributed by atoms with Crippen molar-refractivity contribution in [3.63, 3.8) is 0 Å². The molecule has 0 unspecified atom stereocenters. The lowest BCUT2D eigenvalue weighted by atomic mass is 10.0. The van der Waals surface area contributed by atoms with Crippen molar-refractivity contribution >= 4 is 11.2 Å². The summed E-state index contributed by atoms with van der Waals surface area (Å²) in [5, 5.41) is 0. The second-order valence-electron chi connectivity index (χ2n) is 8.09. The smallest absolute Gasteiger partial charge is 0.337 e. The van der Waals surface area contributed by atoms with Gasteiger partial charge in [-0.25, -0.2) is 14.3 Å². The lowest BCUT2D eigenvalue weighted by Crippen LogP contribution is -2.41. The van der Waals surface area contributed by atoms with E-state index in [2.05, 4.69) is 18.8 Å².